The molecule has 0 aromatic heterocycles. The lowest BCUT2D eigenvalue weighted by molar-refractivity contribution is -0.161. The summed E-state index contributed by atoms with van der Waals surface area (Å²) in [5.74, 6) is 1.43. The van der Waals surface area contributed by atoms with E-state index in [4.69, 9.17) is 9.84 Å². The molecule has 1 heterocycles. The highest BCUT2D eigenvalue weighted by molar-refractivity contribution is 7.99. The average molecular weight is 218 g/mol. The third kappa shape index (κ3) is 3.17. The van der Waals surface area contributed by atoms with Crippen molar-refractivity contribution in [2.45, 2.75) is 26.4 Å². The Labute approximate surface area is 89.2 Å². The summed E-state index contributed by atoms with van der Waals surface area (Å²) >= 11 is 1.71. The first-order valence-electron chi connectivity index (χ1n) is 4.85. The van der Waals surface area contributed by atoms with Gasteiger partial charge in [-0.2, -0.15) is 11.8 Å². The fourth-order valence-corrected chi connectivity index (χ4v) is 2.86. The second-order valence-electron chi connectivity index (χ2n) is 4.62. The number of hydrogen-bond acceptors (Lipinski definition) is 4. The molecule has 0 aromatic carbocycles. The smallest absolute Gasteiger partial charge is 0.310 e. The summed E-state index contributed by atoms with van der Waals surface area (Å²) in [5.41, 5.74) is -0.426. The minimum absolute atomic E-state index is 0.0786. The van der Waals surface area contributed by atoms with Crippen LogP contribution < -0.4 is 0 Å². The number of carbonyl (C=O) groups is 1. The van der Waals surface area contributed by atoms with Gasteiger partial charge in [0.05, 0.1) is 5.92 Å². The molecular formula is C10H18O3S. The molecule has 1 aliphatic heterocycles. The topological polar surface area (TPSA) is 46.5 Å². The van der Waals surface area contributed by atoms with Gasteiger partial charge < -0.3 is 9.84 Å². The molecule has 1 fully saturated rings. The summed E-state index contributed by atoms with van der Waals surface area (Å²) < 4.78 is 5.29. The van der Waals surface area contributed by atoms with Crippen molar-refractivity contribution in [3.63, 3.8) is 0 Å². The van der Waals surface area contributed by atoms with E-state index >= 15 is 0 Å². The van der Waals surface area contributed by atoms with E-state index in [0.717, 1.165) is 11.5 Å². The van der Waals surface area contributed by atoms with Crippen molar-refractivity contribution in [1.82, 2.24) is 0 Å². The molecule has 2 atom stereocenters. The maximum Gasteiger partial charge on any atom is 0.310 e. The molecule has 4 heteroatoms. The van der Waals surface area contributed by atoms with Crippen molar-refractivity contribution < 1.29 is 14.6 Å². The first-order chi connectivity index (χ1) is 6.44. The van der Waals surface area contributed by atoms with Crippen LogP contribution in [0, 0.1) is 11.8 Å². The molecule has 0 amide bonds. The highest BCUT2D eigenvalue weighted by Crippen LogP contribution is 2.31. The van der Waals surface area contributed by atoms with Crippen LogP contribution in [0.4, 0.5) is 0 Å². The maximum atomic E-state index is 11.7. The molecule has 1 N–H and O–H groups in total. The van der Waals surface area contributed by atoms with Crippen molar-refractivity contribution in [2.75, 3.05) is 18.1 Å². The quantitative estimate of drug-likeness (QED) is 0.710. The second-order valence-corrected chi connectivity index (χ2v) is 5.69. The molecule has 0 saturated carbocycles. The molecule has 82 valence electrons. The van der Waals surface area contributed by atoms with E-state index in [-0.39, 0.29) is 24.4 Å². The summed E-state index contributed by atoms with van der Waals surface area (Å²) in [4.78, 5) is 11.7. The van der Waals surface area contributed by atoms with Gasteiger partial charge in [-0.05, 0) is 26.5 Å². The van der Waals surface area contributed by atoms with E-state index in [0.29, 0.717) is 0 Å². The Hall–Kier alpha value is -0.220. The van der Waals surface area contributed by atoms with Crippen LogP contribution >= 0.6 is 11.8 Å². The van der Waals surface area contributed by atoms with Gasteiger partial charge in [0.1, 0.15) is 5.60 Å². The van der Waals surface area contributed by atoms with E-state index in [1.165, 1.54) is 0 Å². The van der Waals surface area contributed by atoms with Gasteiger partial charge in [-0.1, -0.05) is 0 Å². The zero-order valence-electron chi connectivity index (χ0n) is 8.95. The number of carbonyl (C=O) groups excluding carboxylic acids is 1. The molecule has 1 saturated heterocycles. The van der Waals surface area contributed by atoms with Gasteiger partial charge in [-0.3, -0.25) is 4.79 Å². The lowest BCUT2D eigenvalue weighted by Gasteiger charge is -2.23. The highest BCUT2D eigenvalue weighted by Gasteiger charge is 2.35. The van der Waals surface area contributed by atoms with Crippen LogP contribution in [0.3, 0.4) is 0 Å². The largest absolute Gasteiger partial charge is 0.460 e. The molecule has 14 heavy (non-hydrogen) atoms. The number of aliphatic hydroxyl groups is 1. The number of rotatable bonds is 2. The molecule has 0 aliphatic carbocycles. The van der Waals surface area contributed by atoms with Crippen LogP contribution in [0.15, 0.2) is 0 Å². The van der Waals surface area contributed by atoms with Crippen LogP contribution in [0.25, 0.3) is 0 Å². The Morgan fingerprint density at radius 1 is 1.50 bits per heavy atom. The Morgan fingerprint density at radius 2 is 2.14 bits per heavy atom. The van der Waals surface area contributed by atoms with Crippen LogP contribution in [-0.2, 0) is 9.53 Å². The predicted molar refractivity (Wildman–Crippen MR) is 57.2 cm³/mol. The van der Waals surface area contributed by atoms with E-state index in [2.05, 4.69) is 0 Å². The molecule has 0 bridgehead atoms. The number of ether oxygens (including phenoxy) is 1. The molecule has 0 radical (unpaired) electrons. The number of esters is 1. The van der Waals surface area contributed by atoms with E-state index < -0.39 is 5.60 Å². The highest BCUT2D eigenvalue weighted by atomic mass is 32.2. The summed E-state index contributed by atoms with van der Waals surface area (Å²) in [7, 11) is 0. The normalized spacial score (nSPS) is 27.7. The van der Waals surface area contributed by atoms with Crippen molar-refractivity contribution in [2.24, 2.45) is 11.8 Å². The molecular weight excluding hydrogens is 200 g/mol. The molecule has 0 spiro atoms. The van der Waals surface area contributed by atoms with Gasteiger partial charge in [-0.25, -0.2) is 0 Å². The second kappa shape index (κ2) is 4.53. The van der Waals surface area contributed by atoms with Crippen LogP contribution in [0.1, 0.15) is 20.8 Å². The zero-order chi connectivity index (χ0) is 10.8. The first-order valence-corrected chi connectivity index (χ1v) is 6.01. The van der Waals surface area contributed by atoms with E-state index in [1.807, 2.05) is 20.8 Å². The van der Waals surface area contributed by atoms with Crippen molar-refractivity contribution in [3.05, 3.63) is 0 Å². The SMILES string of the molecule is CC(C)(C)OC(=O)C1CSCC1CO. The first kappa shape index (κ1) is 11.9. The van der Waals surface area contributed by atoms with Gasteiger partial charge >= 0.3 is 5.97 Å². The molecule has 3 nitrogen and oxygen atoms in total. The zero-order valence-corrected chi connectivity index (χ0v) is 9.76. The minimum Gasteiger partial charge on any atom is -0.460 e. The number of hydrogen-bond donors (Lipinski definition) is 1. The van der Waals surface area contributed by atoms with Crippen molar-refractivity contribution in [3.8, 4) is 0 Å². The summed E-state index contributed by atoms with van der Waals surface area (Å²) in [6.45, 7) is 5.67. The van der Waals surface area contributed by atoms with Gasteiger partial charge in [0.15, 0.2) is 0 Å². The molecule has 1 aliphatic rings. The Kier molecular flexibility index (Phi) is 3.84. The monoisotopic (exact) mass is 218 g/mol. The molecule has 1 rings (SSSR count). The fourth-order valence-electron chi connectivity index (χ4n) is 1.42. The van der Waals surface area contributed by atoms with Gasteiger partial charge in [0, 0.05) is 18.3 Å². The average Bonchev–Trinajstić information content (AvgIpc) is 2.47. The fraction of sp³-hybridized carbons (Fsp3) is 0.900. The van der Waals surface area contributed by atoms with Gasteiger partial charge in [-0.15, -0.1) is 0 Å². The summed E-state index contributed by atoms with van der Waals surface area (Å²) in [6.07, 6.45) is 0. The Bertz CT molecular complexity index is 210. The Balaban J connectivity index is 2.52. The third-order valence-electron chi connectivity index (χ3n) is 2.14. The van der Waals surface area contributed by atoms with Gasteiger partial charge in [0.2, 0.25) is 0 Å². The van der Waals surface area contributed by atoms with Gasteiger partial charge in [0.25, 0.3) is 0 Å². The number of aliphatic hydroxyl groups excluding tert-OH is 1. The third-order valence-corrected chi connectivity index (χ3v) is 3.40. The summed E-state index contributed by atoms with van der Waals surface area (Å²) in [5, 5.41) is 9.06. The van der Waals surface area contributed by atoms with E-state index in [1.54, 1.807) is 11.8 Å². The molecule has 0 aromatic rings. The van der Waals surface area contributed by atoms with E-state index in [9.17, 15) is 4.79 Å². The Morgan fingerprint density at radius 3 is 2.64 bits per heavy atom. The van der Waals surface area contributed by atoms with Crippen molar-refractivity contribution in [1.29, 1.82) is 0 Å². The van der Waals surface area contributed by atoms with Crippen molar-refractivity contribution >= 4 is 17.7 Å². The van der Waals surface area contributed by atoms with Crippen LogP contribution in [0.2, 0.25) is 0 Å². The summed E-state index contributed by atoms with van der Waals surface area (Å²) in [6, 6.07) is 0. The standard InChI is InChI=1S/C10H18O3S/c1-10(2,3)13-9(12)8-6-14-5-7(8)4-11/h7-8,11H,4-6H2,1-3H3. The van der Waals surface area contributed by atoms with Crippen LogP contribution in [-0.4, -0.2) is 34.8 Å². The lowest BCUT2D eigenvalue weighted by atomic mass is 9.97. The minimum atomic E-state index is -0.426. The maximum absolute atomic E-state index is 11.7. The lowest BCUT2D eigenvalue weighted by Crippen LogP contribution is -2.33. The number of thioether (sulfide) groups is 1. The van der Waals surface area contributed by atoms with Crippen LogP contribution in [0.5, 0.6) is 0 Å². The predicted octanol–water partition coefficient (Wildman–Crippen LogP) is 1.30. The molecule has 2 unspecified atom stereocenters.